The van der Waals surface area contributed by atoms with Gasteiger partial charge in [0.05, 0.1) is 17.7 Å². The largest absolute Gasteiger partial charge is 0.378 e. The zero-order chi connectivity index (χ0) is 16.1. The van der Waals surface area contributed by atoms with Gasteiger partial charge >= 0.3 is 0 Å². The van der Waals surface area contributed by atoms with Crippen LogP contribution in [0.5, 0.6) is 0 Å². The molecule has 1 aliphatic heterocycles. The number of hydrogen-bond donors (Lipinski definition) is 2. The normalized spacial score (nSPS) is 22.5. The highest BCUT2D eigenvalue weighted by Gasteiger charge is 2.31. The highest BCUT2D eigenvalue weighted by atomic mass is 16.5. The molecule has 22 heavy (non-hydrogen) atoms. The standard InChI is InChI=1S/C17H23N3O2/c1-11(2)16-14(7-8-22-16)10-20-15(17(19)21)13-5-3-12(9-18)4-6-13/h3-6,11,14-16,20H,7-8,10H2,1-2H3,(H2,19,21)/t14-,15-,16-/m1/s1. The van der Waals surface area contributed by atoms with E-state index in [0.29, 0.717) is 23.9 Å². The molecule has 0 aromatic heterocycles. The van der Waals surface area contributed by atoms with Crippen molar-refractivity contribution in [1.82, 2.24) is 5.32 Å². The van der Waals surface area contributed by atoms with Crippen molar-refractivity contribution in [3.05, 3.63) is 35.4 Å². The van der Waals surface area contributed by atoms with Crippen LogP contribution in [0.3, 0.4) is 0 Å². The minimum atomic E-state index is -0.541. The average Bonchev–Trinajstić information content (AvgIpc) is 2.96. The maximum atomic E-state index is 11.7. The number of carbonyl (C=O) groups is 1. The van der Waals surface area contributed by atoms with Gasteiger partial charge in [-0.2, -0.15) is 5.26 Å². The van der Waals surface area contributed by atoms with Crippen LogP contribution in [0.4, 0.5) is 0 Å². The Hall–Kier alpha value is -1.90. The third-order valence-corrected chi connectivity index (χ3v) is 4.16. The summed E-state index contributed by atoms with van der Waals surface area (Å²) >= 11 is 0. The second-order valence-corrected chi connectivity index (χ2v) is 6.11. The molecule has 118 valence electrons. The third-order valence-electron chi connectivity index (χ3n) is 4.16. The number of amides is 1. The molecule has 1 aromatic rings. The van der Waals surface area contributed by atoms with Crippen molar-refractivity contribution >= 4 is 5.91 Å². The quantitative estimate of drug-likeness (QED) is 0.837. The molecule has 0 aliphatic carbocycles. The fraction of sp³-hybridized carbons (Fsp3) is 0.529. The molecule has 0 bridgehead atoms. The molecule has 0 radical (unpaired) electrons. The van der Waals surface area contributed by atoms with Crippen molar-refractivity contribution in [2.24, 2.45) is 17.6 Å². The lowest BCUT2D eigenvalue weighted by Crippen LogP contribution is -2.39. The fourth-order valence-corrected chi connectivity index (χ4v) is 3.01. The van der Waals surface area contributed by atoms with E-state index in [0.717, 1.165) is 18.6 Å². The molecule has 1 saturated heterocycles. The number of nitrogens with one attached hydrogen (secondary N) is 1. The molecule has 1 aromatic carbocycles. The first-order valence-corrected chi connectivity index (χ1v) is 7.67. The summed E-state index contributed by atoms with van der Waals surface area (Å²) in [5.74, 6) is 0.432. The van der Waals surface area contributed by atoms with Crippen LogP contribution < -0.4 is 11.1 Å². The Kier molecular flexibility index (Phi) is 5.53. The number of nitriles is 1. The van der Waals surface area contributed by atoms with Crippen molar-refractivity contribution in [3.8, 4) is 6.07 Å². The Morgan fingerprint density at radius 1 is 1.45 bits per heavy atom. The van der Waals surface area contributed by atoms with Crippen LogP contribution in [-0.2, 0) is 9.53 Å². The Morgan fingerprint density at radius 3 is 2.68 bits per heavy atom. The third kappa shape index (κ3) is 3.85. The Balaban J connectivity index is 2.03. The van der Waals surface area contributed by atoms with Crippen LogP contribution in [-0.4, -0.2) is 25.2 Å². The first kappa shape index (κ1) is 16.5. The van der Waals surface area contributed by atoms with Crippen LogP contribution in [0.25, 0.3) is 0 Å². The van der Waals surface area contributed by atoms with E-state index in [4.69, 9.17) is 15.7 Å². The highest BCUT2D eigenvalue weighted by molar-refractivity contribution is 5.81. The lowest BCUT2D eigenvalue weighted by molar-refractivity contribution is -0.120. The Bertz CT molecular complexity index is 548. The molecule has 3 N–H and O–H groups in total. The Morgan fingerprint density at radius 2 is 2.14 bits per heavy atom. The molecule has 2 rings (SSSR count). The molecule has 5 nitrogen and oxygen atoms in total. The van der Waals surface area contributed by atoms with E-state index in [9.17, 15) is 4.79 Å². The van der Waals surface area contributed by atoms with E-state index < -0.39 is 11.9 Å². The topological polar surface area (TPSA) is 88.1 Å². The predicted octanol–water partition coefficient (Wildman–Crippen LogP) is 1.74. The molecule has 1 amide bonds. The molecule has 1 heterocycles. The summed E-state index contributed by atoms with van der Waals surface area (Å²) in [5, 5.41) is 12.1. The maximum absolute atomic E-state index is 11.7. The molecule has 1 aliphatic rings. The monoisotopic (exact) mass is 301 g/mol. The van der Waals surface area contributed by atoms with Crippen LogP contribution >= 0.6 is 0 Å². The molecular formula is C17H23N3O2. The lowest BCUT2D eigenvalue weighted by Gasteiger charge is -2.24. The van der Waals surface area contributed by atoms with E-state index in [1.165, 1.54) is 0 Å². The number of benzene rings is 1. The number of nitrogens with zero attached hydrogens (tertiary/aromatic N) is 1. The van der Waals surface area contributed by atoms with Gasteiger partial charge in [-0.3, -0.25) is 4.79 Å². The van der Waals surface area contributed by atoms with E-state index in [2.05, 4.69) is 25.2 Å². The summed E-state index contributed by atoms with van der Waals surface area (Å²) in [7, 11) is 0. The molecular weight excluding hydrogens is 278 g/mol. The molecule has 3 atom stereocenters. The number of rotatable bonds is 6. The van der Waals surface area contributed by atoms with Crippen LogP contribution in [0.2, 0.25) is 0 Å². The predicted molar refractivity (Wildman–Crippen MR) is 83.8 cm³/mol. The van der Waals surface area contributed by atoms with Gasteiger partial charge in [-0.25, -0.2) is 0 Å². The van der Waals surface area contributed by atoms with Crippen LogP contribution in [0.1, 0.15) is 37.4 Å². The first-order chi connectivity index (χ1) is 10.5. The number of ether oxygens (including phenoxy) is 1. The van der Waals surface area contributed by atoms with Crippen molar-refractivity contribution in [3.63, 3.8) is 0 Å². The molecule has 0 spiro atoms. The average molecular weight is 301 g/mol. The Labute approximate surface area is 131 Å². The number of carbonyl (C=O) groups excluding carboxylic acids is 1. The number of primary amides is 1. The van der Waals surface area contributed by atoms with Gasteiger partial charge in [0.15, 0.2) is 0 Å². The van der Waals surface area contributed by atoms with Crippen molar-refractivity contribution in [2.75, 3.05) is 13.2 Å². The van der Waals surface area contributed by atoms with Gasteiger partial charge in [-0.05, 0) is 30.0 Å². The molecule has 5 heteroatoms. The van der Waals surface area contributed by atoms with Gasteiger partial charge in [-0.1, -0.05) is 26.0 Å². The van der Waals surface area contributed by atoms with Gasteiger partial charge in [0.25, 0.3) is 0 Å². The maximum Gasteiger partial charge on any atom is 0.239 e. The van der Waals surface area contributed by atoms with Gasteiger partial charge < -0.3 is 15.8 Å². The van der Waals surface area contributed by atoms with E-state index in [-0.39, 0.29) is 6.10 Å². The lowest BCUT2D eigenvalue weighted by atomic mass is 9.92. The summed E-state index contributed by atoms with van der Waals surface area (Å²) in [6, 6.07) is 8.46. The number of nitrogens with two attached hydrogens (primary N) is 1. The molecule has 0 saturated carbocycles. The van der Waals surface area contributed by atoms with Crippen LogP contribution in [0, 0.1) is 23.2 Å². The second-order valence-electron chi connectivity index (χ2n) is 6.11. The van der Waals surface area contributed by atoms with E-state index in [1.807, 2.05) is 0 Å². The van der Waals surface area contributed by atoms with Gasteiger partial charge in [-0.15, -0.1) is 0 Å². The minimum absolute atomic E-state index is 0.224. The summed E-state index contributed by atoms with van der Waals surface area (Å²) in [6.45, 7) is 5.76. The summed E-state index contributed by atoms with van der Waals surface area (Å²) in [4.78, 5) is 11.7. The first-order valence-electron chi connectivity index (χ1n) is 7.67. The summed E-state index contributed by atoms with van der Waals surface area (Å²) in [5.41, 5.74) is 6.87. The van der Waals surface area contributed by atoms with Gasteiger partial charge in [0, 0.05) is 19.1 Å². The van der Waals surface area contributed by atoms with Crippen molar-refractivity contribution in [1.29, 1.82) is 5.26 Å². The molecule has 0 unspecified atom stereocenters. The zero-order valence-corrected chi connectivity index (χ0v) is 13.1. The van der Waals surface area contributed by atoms with E-state index >= 15 is 0 Å². The summed E-state index contributed by atoms with van der Waals surface area (Å²) < 4.78 is 5.76. The highest BCUT2D eigenvalue weighted by Crippen LogP contribution is 2.27. The number of hydrogen-bond acceptors (Lipinski definition) is 4. The van der Waals surface area contributed by atoms with Gasteiger partial charge in [0.2, 0.25) is 5.91 Å². The minimum Gasteiger partial charge on any atom is -0.378 e. The smallest absolute Gasteiger partial charge is 0.239 e. The van der Waals surface area contributed by atoms with E-state index in [1.54, 1.807) is 24.3 Å². The van der Waals surface area contributed by atoms with Crippen molar-refractivity contribution in [2.45, 2.75) is 32.4 Å². The van der Waals surface area contributed by atoms with Crippen LogP contribution in [0.15, 0.2) is 24.3 Å². The second kappa shape index (κ2) is 7.39. The SMILES string of the molecule is CC(C)[C@H]1OCC[C@@H]1CN[C@@H](C(N)=O)c1ccc(C#N)cc1. The summed E-state index contributed by atoms with van der Waals surface area (Å²) in [6.07, 6.45) is 1.22. The fourth-order valence-electron chi connectivity index (χ4n) is 3.01. The zero-order valence-electron chi connectivity index (χ0n) is 13.1. The van der Waals surface area contributed by atoms with Gasteiger partial charge in [0.1, 0.15) is 6.04 Å². The molecule has 1 fully saturated rings. The van der Waals surface area contributed by atoms with Crippen molar-refractivity contribution < 1.29 is 9.53 Å².